The first kappa shape index (κ1) is 9.17. The zero-order valence-corrected chi connectivity index (χ0v) is 9.28. The molecule has 3 rings (SSSR count). The first-order valence-corrected chi connectivity index (χ1v) is 6.25. The fourth-order valence-corrected chi connectivity index (χ4v) is 3.81. The maximum atomic E-state index is 2.78. The lowest BCUT2D eigenvalue weighted by atomic mass is 9.93. The molecule has 2 nitrogen and oxygen atoms in total. The fourth-order valence-electron chi connectivity index (χ4n) is 3.81. The van der Waals surface area contributed by atoms with E-state index in [1.54, 1.807) is 6.42 Å². The summed E-state index contributed by atoms with van der Waals surface area (Å²) in [6.07, 6.45) is 6.14. The van der Waals surface area contributed by atoms with Gasteiger partial charge >= 0.3 is 0 Å². The summed E-state index contributed by atoms with van der Waals surface area (Å²) in [4.78, 5) is 5.24. The van der Waals surface area contributed by atoms with Gasteiger partial charge in [-0.2, -0.15) is 0 Å². The molecule has 3 fully saturated rings. The van der Waals surface area contributed by atoms with Crippen molar-refractivity contribution in [3.05, 3.63) is 0 Å². The molecular weight excluding hydrogens is 172 g/mol. The molecule has 14 heavy (non-hydrogen) atoms. The Morgan fingerprint density at radius 1 is 0.929 bits per heavy atom. The third-order valence-electron chi connectivity index (χ3n) is 4.71. The third-order valence-corrected chi connectivity index (χ3v) is 4.71. The van der Waals surface area contributed by atoms with Gasteiger partial charge < -0.3 is 4.90 Å². The average Bonchev–Trinajstić information content (AvgIpc) is 2.80. The molecule has 2 saturated carbocycles. The number of hydrogen-bond acceptors (Lipinski definition) is 2. The van der Waals surface area contributed by atoms with Crippen LogP contribution in [0.25, 0.3) is 0 Å². The minimum absolute atomic E-state index is 0.974. The Balaban J connectivity index is 1.61. The largest absolute Gasteiger partial charge is 0.304 e. The predicted molar refractivity (Wildman–Crippen MR) is 58.3 cm³/mol. The predicted octanol–water partition coefficient (Wildman–Crippen LogP) is 1.42. The molecule has 0 aromatic heterocycles. The second-order valence-electron chi connectivity index (χ2n) is 5.58. The Morgan fingerprint density at radius 2 is 1.71 bits per heavy atom. The van der Waals surface area contributed by atoms with Crippen LogP contribution < -0.4 is 0 Å². The zero-order chi connectivity index (χ0) is 9.54. The van der Waals surface area contributed by atoms with Crippen LogP contribution in [0.15, 0.2) is 0 Å². The van der Waals surface area contributed by atoms with E-state index in [2.05, 4.69) is 16.8 Å². The summed E-state index contributed by atoms with van der Waals surface area (Å²) in [5.74, 6) is 2.17. The Bertz CT molecular complexity index is 208. The molecule has 1 heterocycles. The second kappa shape index (κ2) is 3.49. The van der Waals surface area contributed by atoms with Crippen LogP contribution in [0.5, 0.6) is 0 Å². The molecule has 80 valence electrons. The monoisotopic (exact) mass is 194 g/mol. The summed E-state index contributed by atoms with van der Waals surface area (Å²) in [6.45, 7) is 5.22. The topological polar surface area (TPSA) is 6.48 Å². The molecule has 3 atom stereocenters. The van der Waals surface area contributed by atoms with Gasteiger partial charge in [-0.1, -0.05) is 6.42 Å². The van der Waals surface area contributed by atoms with Crippen LogP contribution in [0.3, 0.4) is 0 Å². The highest BCUT2D eigenvalue weighted by Crippen LogP contribution is 2.46. The lowest BCUT2D eigenvalue weighted by molar-refractivity contribution is 0.0826. The highest BCUT2D eigenvalue weighted by Gasteiger charge is 2.42. The van der Waals surface area contributed by atoms with Crippen molar-refractivity contribution in [2.45, 2.75) is 31.7 Å². The van der Waals surface area contributed by atoms with Gasteiger partial charge in [0.05, 0.1) is 0 Å². The van der Waals surface area contributed by atoms with E-state index in [0.717, 1.165) is 17.9 Å². The lowest BCUT2D eigenvalue weighted by Crippen LogP contribution is -2.50. The van der Waals surface area contributed by atoms with Crippen molar-refractivity contribution in [2.24, 2.45) is 11.8 Å². The number of likely N-dealkylation sites (N-methyl/N-ethyl adjacent to an activating group) is 1. The van der Waals surface area contributed by atoms with Gasteiger partial charge in [0.1, 0.15) is 0 Å². The van der Waals surface area contributed by atoms with Crippen molar-refractivity contribution in [3.8, 4) is 0 Å². The van der Waals surface area contributed by atoms with E-state index in [0.29, 0.717) is 0 Å². The van der Waals surface area contributed by atoms with Crippen molar-refractivity contribution in [2.75, 3.05) is 33.2 Å². The van der Waals surface area contributed by atoms with Crippen molar-refractivity contribution < 1.29 is 0 Å². The normalized spacial score (nSPS) is 44.8. The van der Waals surface area contributed by atoms with Crippen LogP contribution in [0.1, 0.15) is 25.7 Å². The van der Waals surface area contributed by atoms with Gasteiger partial charge in [-0.05, 0) is 38.1 Å². The highest BCUT2D eigenvalue weighted by atomic mass is 15.3. The molecule has 2 bridgehead atoms. The lowest BCUT2D eigenvalue weighted by Gasteiger charge is -2.39. The maximum absolute atomic E-state index is 2.78. The molecule has 0 unspecified atom stereocenters. The van der Waals surface area contributed by atoms with Crippen LogP contribution in [-0.2, 0) is 0 Å². The van der Waals surface area contributed by atoms with E-state index in [4.69, 9.17) is 0 Å². The Hall–Kier alpha value is -0.0800. The average molecular weight is 194 g/mol. The van der Waals surface area contributed by atoms with E-state index in [1.165, 1.54) is 45.4 Å². The minimum Gasteiger partial charge on any atom is -0.304 e. The van der Waals surface area contributed by atoms with Crippen molar-refractivity contribution in [1.82, 2.24) is 9.80 Å². The van der Waals surface area contributed by atoms with Gasteiger partial charge in [0.15, 0.2) is 0 Å². The van der Waals surface area contributed by atoms with Crippen molar-refractivity contribution in [3.63, 3.8) is 0 Å². The Kier molecular flexibility index (Phi) is 2.29. The van der Waals surface area contributed by atoms with Crippen LogP contribution in [0.4, 0.5) is 0 Å². The summed E-state index contributed by atoms with van der Waals surface area (Å²) in [5.41, 5.74) is 0. The van der Waals surface area contributed by atoms with E-state index in [-0.39, 0.29) is 0 Å². The number of hydrogen-bond donors (Lipinski definition) is 0. The molecule has 1 aliphatic heterocycles. The van der Waals surface area contributed by atoms with E-state index < -0.39 is 0 Å². The number of rotatable bonds is 1. The molecule has 1 saturated heterocycles. The SMILES string of the molecule is CN1CCN([C@@H]2C[C@H]3CC[C@H]2C3)CC1. The molecule has 2 aliphatic carbocycles. The summed E-state index contributed by atoms with van der Waals surface area (Å²) < 4.78 is 0. The Labute approximate surface area is 87.3 Å². The van der Waals surface area contributed by atoms with Crippen LogP contribution in [-0.4, -0.2) is 49.1 Å². The number of fused-ring (bicyclic) bond motifs is 2. The van der Waals surface area contributed by atoms with Gasteiger partial charge in [-0.25, -0.2) is 0 Å². The van der Waals surface area contributed by atoms with Gasteiger partial charge in [0, 0.05) is 32.2 Å². The highest BCUT2D eigenvalue weighted by molar-refractivity contribution is 4.96. The molecule has 0 amide bonds. The molecule has 2 heteroatoms. The first-order chi connectivity index (χ1) is 6.83. The maximum Gasteiger partial charge on any atom is 0.0127 e. The van der Waals surface area contributed by atoms with Crippen LogP contribution in [0, 0.1) is 11.8 Å². The summed E-state index contributed by atoms with van der Waals surface area (Å²) in [5, 5.41) is 0. The first-order valence-electron chi connectivity index (χ1n) is 6.25. The van der Waals surface area contributed by atoms with Gasteiger partial charge in [-0.3, -0.25) is 4.90 Å². The van der Waals surface area contributed by atoms with Gasteiger partial charge in [0.2, 0.25) is 0 Å². The zero-order valence-electron chi connectivity index (χ0n) is 9.28. The number of nitrogens with zero attached hydrogens (tertiary/aromatic N) is 2. The fraction of sp³-hybridized carbons (Fsp3) is 1.00. The van der Waals surface area contributed by atoms with E-state index in [9.17, 15) is 0 Å². The summed E-state index contributed by atoms with van der Waals surface area (Å²) in [7, 11) is 2.25. The molecule has 0 aromatic carbocycles. The van der Waals surface area contributed by atoms with Crippen molar-refractivity contribution in [1.29, 1.82) is 0 Å². The molecule has 0 aromatic rings. The van der Waals surface area contributed by atoms with Gasteiger partial charge in [0.25, 0.3) is 0 Å². The third kappa shape index (κ3) is 1.49. The quantitative estimate of drug-likeness (QED) is 0.623. The van der Waals surface area contributed by atoms with Crippen LogP contribution >= 0.6 is 0 Å². The molecular formula is C12H22N2. The van der Waals surface area contributed by atoms with Crippen molar-refractivity contribution >= 4 is 0 Å². The number of piperazine rings is 1. The molecule has 3 aliphatic rings. The van der Waals surface area contributed by atoms with E-state index in [1.807, 2.05) is 0 Å². The van der Waals surface area contributed by atoms with Gasteiger partial charge in [-0.15, -0.1) is 0 Å². The Morgan fingerprint density at radius 3 is 2.29 bits per heavy atom. The smallest absolute Gasteiger partial charge is 0.0127 e. The standard InChI is InChI=1S/C12H22N2/c1-13-4-6-14(7-5-13)12-9-10-2-3-11(12)8-10/h10-12H,2-9H2,1H3/t10-,11-,12+/m0/s1. The van der Waals surface area contributed by atoms with E-state index >= 15 is 0 Å². The summed E-state index contributed by atoms with van der Waals surface area (Å²) in [6, 6.07) is 0.974. The molecule has 0 spiro atoms. The second-order valence-corrected chi connectivity index (χ2v) is 5.58. The molecule has 0 N–H and O–H groups in total. The molecule has 0 radical (unpaired) electrons. The summed E-state index contributed by atoms with van der Waals surface area (Å²) >= 11 is 0. The minimum atomic E-state index is 0.974. The van der Waals surface area contributed by atoms with Crippen LogP contribution in [0.2, 0.25) is 0 Å².